The largest absolute Gasteiger partial charge is 0.515 e. The molecule has 0 aliphatic carbocycles. The van der Waals surface area contributed by atoms with Gasteiger partial charge in [0, 0.05) is 5.56 Å². The van der Waals surface area contributed by atoms with Crippen molar-refractivity contribution in [1.29, 1.82) is 0 Å². The summed E-state index contributed by atoms with van der Waals surface area (Å²) in [5.41, 5.74) is 0.588. The summed E-state index contributed by atoms with van der Waals surface area (Å²) in [6.45, 7) is 1.96. The highest BCUT2D eigenvalue weighted by Gasteiger charge is 2.16. The fraction of sp³-hybridized carbons (Fsp3) is 0.250. The van der Waals surface area contributed by atoms with Crippen LogP contribution in [0.5, 0.6) is 5.75 Å². The van der Waals surface area contributed by atoms with Crippen LogP contribution in [0.3, 0.4) is 0 Å². The van der Waals surface area contributed by atoms with Gasteiger partial charge in [0.25, 0.3) is 0 Å². The Morgan fingerprint density at radius 3 is 2.69 bits per heavy atom. The van der Waals surface area contributed by atoms with Gasteiger partial charge >= 0.3 is 5.97 Å². The van der Waals surface area contributed by atoms with E-state index in [1.807, 2.05) is 0 Å². The second kappa shape index (κ2) is 5.80. The number of aliphatic hydroxyl groups excluding tert-OH is 1. The van der Waals surface area contributed by atoms with Crippen LogP contribution in [0.2, 0.25) is 0 Å². The van der Waals surface area contributed by atoms with Gasteiger partial charge in [-0.15, -0.1) is 0 Å². The summed E-state index contributed by atoms with van der Waals surface area (Å²) in [5, 5.41) is 9.08. The van der Waals surface area contributed by atoms with Crippen LogP contribution in [-0.4, -0.2) is 24.8 Å². The van der Waals surface area contributed by atoms with E-state index in [0.717, 1.165) is 6.26 Å². The summed E-state index contributed by atoms with van der Waals surface area (Å²) in [6.07, 6.45) is 0.732. The SMILES string of the molecule is CCOC(=O)/C(=C/O)c1ccccc1OC. The van der Waals surface area contributed by atoms with Crippen molar-refractivity contribution in [3.05, 3.63) is 36.1 Å². The van der Waals surface area contributed by atoms with Crippen molar-refractivity contribution in [1.82, 2.24) is 0 Å². The molecule has 86 valence electrons. The van der Waals surface area contributed by atoms with Crippen molar-refractivity contribution in [3.63, 3.8) is 0 Å². The maximum atomic E-state index is 11.5. The van der Waals surface area contributed by atoms with Gasteiger partial charge in [-0.3, -0.25) is 0 Å². The van der Waals surface area contributed by atoms with Crippen LogP contribution in [0.1, 0.15) is 12.5 Å². The summed E-state index contributed by atoms with van der Waals surface area (Å²) in [5.74, 6) is -0.0645. The number of carbonyl (C=O) groups excluding carboxylic acids is 1. The molecule has 0 fully saturated rings. The van der Waals surface area contributed by atoms with Crippen molar-refractivity contribution >= 4 is 11.5 Å². The maximum Gasteiger partial charge on any atom is 0.342 e. The lowest BCUT2D eigenvalue weighted by Crippen LogP contribution is -2.07. The van der Waals surface area contributed by atoms with Gasteiger partial charge in [0.05, 0.1) is 20.0 Å². The van der Waals surface area contributed by atoms with Crippen LogP contribution in [0, 0.1) is 0 Å². The Morgan fingerprint density at radius 2 is 2.12 bits per heavy atom. The third-order valence-electron chi connectivity index (χ3n) is 2.02. The molecule has 4 heteroatoms. The van der Waals surface area contributed by atoms with Crippen LogP contribution in [0.4, 0.5) is 0 Å². The van der Waals surface area contributed by atoms with Gasteiger partial charge in [0.2, 0.25) is 0 Å². The van der Waals surface area contributed by atoms with Crippen LogP contribution < -0.4 is 4.74 Å². The molecule has 1 aromatic carbocycles. The van der Waals surface area contributed by atoms with Crippen molar-refractivity contribution in [3.8, 4) is 5.75 Å². The average molecular weight is 222 g/mol. The third-order valence-corrected chi connectivity index (χ3v) is 2.02. The highest BCUT2D eigenvalue weighted by Crippen LogP contribution is 2.26. The Bertz CT molecular complexity index is 396. The molecule has 0 heterocycles. The second-order valence-electron chi connectivity index (χ2n) is 2.96. The Kier molecular flexibility index (Phi) is 4.39. The zero-order valence-corrected chi connectivity index (χ0v) is 9.27. The molecule has 4 nitrogen and oxygen atoms in total. The highest BCUT2D eigenvalue weighted by molar-refractivity contribution is 6.16. The van der Waals surface area contributed by atoms with Crippen molar-refractivity contribution in [2.24, 2.45) is 0 Å². The number of hydrogen-bond acceptors (Lipinski definition) is 4. The third kappa shape index (κ3) is 2.53. The molecule has 0 unspecified atom stereocenters. The standard InChI is InChI=1S/C12H14O4/c1-3-16-12(14)10(8-13)9-6-4-5-7-11(9)15-2/h4-8,13H,3H2,1-2H3/b10-8+. The van der Waals surface area contributed by atoms with Crippen LogP contribution in [0.15, 0.2) is 30.5 Å². The van der Waals surface area contributed by atoms with Crippen molar-refractivity contribution < 1.29 is 19.4 Å². The Morgan fingerprint density at radius 1 is 1.44 bits per heavy atom. The molecule has 0 spiro atoms. The lowest BCUT2D eigenvalue weighted by Gasteiger charge is -2.09. The van der Waals surface area contributed by atoms with E-state index in [0.29, 0.717) is 11.3 Å². The quantitative estimate of drug-likeness (QED) is 0.482. The van der Waals surface area contributed by atoms with E-state index in [1.54, 1.807) is 31.2 Å². The van der Waals surface area contributed by atoms with Gasteiger partial charge < -0.3 is 14.6 Å². The fourth-order valence-electron chi connectivity index (χ4n) is 1.31. The Balaban J connectivity index is 3.09. The minimum absolute atomic E-state index is 0.0827. The van der Waals surface area contributed by atoms with E-state index in [2.05, 4.69) is 0 Å². The van der Waals surface area contributed by atoms with Gasteiger partial charge in [0.15, 0.2) is 0 Å². The molecule has 0 radical (unpaired) electrons. The number of carbonyl (C=O) groups is 1. The summed E-state index contributed by atoms with van der Waals surface area (Å²) < 4.78 is 9.92. The number of rotatable bonds is 4. The van der Waals surface area contributed by atoms with Gasteiger partial charge in [-0.05, 0) is 13.0 Å². The number of methoxy groups -OCH3 is 1. The Hall–Kier alpha value is -1.97. The lowest BCUT2D eigenvalue weighted by atomic mass is 10.1. The normalized spacial score (nSPS) is 11.0. The molecule has 0 aliphatic rings. The smallest absolute Gasteiger partial charge is 0.342 e. The number of benzene rings is 1. The minimum Gasteiger partial charge on any atom is -0.515 e. The molecule has 1 aromatic rings. The van der Waals surface area contributed by atoms with Crippen LogP contribution in [-0.2, 0) is 9.53 Å². The summed E-state index contributed by atoms with van der Waals surface area (Å²) in [6, 6.07) is 6.92. The molecule has 0 aromatic heterocycles. The van der Waals surface area contributed by atoms with Crippen molar-refractivity contribution in [2.45, 2.75) is 6.92 Å². The summed E-state index contributed by atoms with van der Waals surface area (Å²) in [7, 11) is 1.50. The number of hydrogen-bond donors (Lipinski definition) is 1. The van der Waals surface area contributed by atoms with Gasteiger partial charge in [0.1, 0.15) is 11.3 Å². The van der Waals surface area contributed by atoms with E-state index in [9.17, 15) is 4.79 Å². The molecule has 1 rings (SSSR count). The molecule has 16 heavy (non-hydrogen) atoms. The minimum atomic E-state index is -0.575. The highest BCUT2D eigenvalue weighted by atomic mass is 16.5. The summed E-state index contributed by atoms with van der Waals surface area (Å²) >= 11 is 0. The van der Waals surface area contributed by atoms with E-state index in [4.69, 9.17) is 14.6 Å². The first kappa shape index (κ1) is 12.1. The molecular formula is C12H14O4. The molecule has 0 saturated carbocycles. The van der Waals surface area contributed by atoms with E-state index < -0.39 is 5.97 Å². The predicted molar refractivity (Wildman–Crippen MR) is 60.2 cm³/mol. The zero-order chi connectivity index (χ0) is 12.0. The fourth-order valence-corrected chi connectivity index (χ4v) is 1.31. The molecule has 0 bridgehead atoms. The average Bonchev–Trinajstić information content (AvgIpc) is 2.31. The van der Waals surface area contributed by atoms with Crippen LogP contribution >= 0.6 is 0 Å². The predicted octanol–water partition coefficient (Wildman–Crippen LogP) is 2.16. The number of para-hydroxylation sites is 1. The maximum absolute atomic E-state index is 11.5. The number of ether oxygens (including phenoxy) is 2. The first-order valence-corrected chi connectivity index (χ1v) is 4.89. The Labute approximate surface area is 94.1 Å². The molecule has 0 atom stereocenters. The topological polar surface area (TPSA) is 55.8 Å². The van der Waals surface area contributed by atoms with Gasteiger partial charge in [-0.2, -0.15) is 0 Å². The monoisotopic (exact) mass is 222 g/mol. The first-order chi connectivity index (χ1) is 7.74. The second-order valence-corrected chi connectivity index (χ2v) is 2.96. The molecule has 1 N–H and O–H groups in total. The van der Waals surface area contributed by atoms with E-state index in [1.165, 1.54) is 7.11 Å². The molecule has 0 amide bonds. The number of esters is 1. The van der Waals surface area contributed by atoms with Crippen LogP contribution in [0.25, 0.3) is 5.57 Å². The van der Waals surface area contributed by atoms with E-state index in [-0.39, 0.29) is 12.2 Å². The molecule has 0 saturated heterocycles. The molecular weight excluding hydrogens is 208 g/mol. The zero-order valence-electron chi connectivity index (χ0n) is 9.27. The molecule has 0 aliphatic heterocycles. The van der Waals surface area contributed by atoms with E-state index >= 15 is 0 Å². The van der Waals surface area contributed by atoms with Crippen molar-refractivity contribution in [2.75, 3.05) is 13.7 Å². The van der Waals surface area contributed by atoms with Gasteiger partial charge in [-0.1, -0.05) is 18.2 Å². The number of aliphatic hydroxyl groups is 1. The first-order valence-electron chi connectivity index (χ1n) is 4.89. The summed E-state index contributed by atoms with van der Waals surface area (Å²) in [4.78, 5) is 11.5. The lowest BCUT2D eigenvalue weighted by molar-refractivity contribution is -0.136. The van der Waals surface area contributed by atoms with Gasteiger partial charge in [-0.25, -0.2) is 4.79 Å².